The fourth-order valence-corrected chi connectivity index (χ4v) is 4.24. The monoisotopic (exact) mass is 359 g/mol. The lowest BCUT2D eigenvalue weighted by molar-refractivity contribution is -0.117. The Morgan fingerprint density at radius 2 is 1.96 bits per heavy atom. The first kappa shape index (κ1) is 17.9. The van der Waals surface area contributed by atoms with Crippen molar-refractivity contribution in [2.24, 2.45) is 11.8 Å². The fourth-order valence-electron chi connectivity index (χ4n) is 3.51. The first-order valence-corrected chi connectivity index (χ1v) is 9.53. The molecular weight excluding hydrogens is 334 g/mol. The highest BCUT2D eigenvalue weighted by Crippen LogP contribution is 2.26. The predicted octanol–water partition coefficient (Wildman–Crippen LogP) is 3.74. The molecule has 0 aliphatic carbocycles. The van der Waals surface area contributed by atoms with Gasteiger partial charge in [0, 0.05) is 24.0 Å². The number of rotatable bonds is 5. The van der Waals surface area contributed by atoms with Crippen molar-refractivity contribution < 1.29 is 9.53 Å². The van der Waals surface area contributed by atoms with Crippen LogP contribution < -0.4 is 10.1 Å². The summed E-state index contributed by atoms with van der Waals surface area (Å²) in [5.74, 6) is 2.13. The quantitative estimate of drug-likeness (QED) is 0.884. The van der Waals surface area contributed by atoms with Gasteiger partial charge in [0.1, 0.15) is 5.75 Å². The molecule has 0 bridgehead atoms. The number of thiazole rings is 1. The van der Waals surface area contributed by atoms with Crippen molar-refractivity contribution in [3.63, 3.8) is 0 Å². The summed E-state index contributed by atoms with van der Waals surface area (Å²) in [6.07, 6.45) is 1.25. The van der Waals surface area contributed by atoms with Crippen molar-refractivity contribution in [1.82, 2.24) is 9.88 Å². The van der Waals surface area contributed by atoms with E-state index in [0.29, 0.717) is 23.5 Å². The van der Waals surface area contributed by atoms with Crippen LogP contribution in [0, 0.1) is 11.8 Å². The van der Waals surface area contributed by atoms with Crippen LogP contribution in [0.15, 0.2) is 29.6 Å². The normalized spacial score (nSPS) is 21.1. The second-order valence-corrected chi connectivity index (χ2v) is 7.81. The molecule has 0 spiro atoms. The molecule has 1 aromatic carbocycles. The number of hydrogen-bond acceptors (Lipinski definition) is 5. The van der Waals surface area contributed by atoms with Gasteiger partial charge in [-0.3, -0.25) is 9.69 Å². The van der Waals surface area contributed by atoms with E-state index >= 15 is 0 Å². The van der Waals surface area contributed by atoms with Crippen LogP contribution in [0.25, 0.3) is 11.3 Å². The largest absolute Gasteiger partial charge is 0.497 e. The standard InChI is InChI=1S/C19H25N3O2S/c1-13-8-14(2)10-22(9-13)11-18(23)21-19-20-17(12-25-19)15-4-6-16(24-3)7-5-15/h4-7,12-14H,8-11H2,1-3H3,(H,20,21,23). The topological polar surface area (TPSA) is 54.5 Å². The van der Waals surface area contributed by atoms with Crippen LogP contribution in [0.1, 0.15) is 20.3 Å². The molecule has 1 N–H and O–H groups in total. The van der Waals surface area contributed by atoms with Crippen molar-refractivity contribution in [3.8, 4) is 17.0 Å². The zero-order chi connectivity index (χ0) is 17.8. The van der Waals surface area contributed by atoms with Crippen LogP contribution >= 0.6 is 11.3 Å². The molecule has 0 radical (unpaired) electrons. The Morgan fingerprint density at radius 3 is 2.60 bits per heavy atom. The van der Waals surface area contributed by atoms with E-state index in [0.717, 1.165) is 30.1 Å². The van der Waals surface area contributed by atoms with Crippen LogP contribution in [0.4, 0.5) is 5.13 Å². The highest BCUT2D eigenvalue weighted by Gasteiger charge is 2.23. The summed E-state index contributed by atoms with van der Waals surface area (Å²) in [4.78, 5) is 19.1. The first-order chi connectivity index (χ1) is 12.0. The van der Waals surface area contributed by atoms with E-state index in [4.69, 9.17) is 4.74 Å². The zero-order valence-corrected chi connectivity index (χ0v) is 15.8. The van der Waals surface area contributed by atoms with E-state index in [1.165, 1.54) is 17.8 Å². The van der Waals surface area contributed by atoms with Gasteiger partial charge in [0.05, 0.1) is 19.3 Å². The number of ether oxygens (including phenoxy) is 1. The fraction of sp³-hybridized carbons (Fsp3) is 0.474. The molecule has 2 atom stereocenters. The predicted molar refractivity (Wildman–Crippen MR) is 102 cm³/mol. The maximum atomic E-state index is 12.3. The number of carbonyl (C=O) groups is 1. The molecule has 3 rings (SSSR count). The highest BCUT2D eigenvalue weighted by molar-refractivity contribution is 7.14. The van der Waals surface area contributed by atoms with Gasteiger partial charge in [-0.15, -0.1) is 11.3 Å². The maximum Gasteiger partial charge on any atom is 0.240 e. The Kier molecular flexibility index (Phi) is 5.71. The van der Waals surface area contributed by atoms with E-state index < -0.39 is 0 Å². The Bertz CT molecular complexity index is 704. The smallest absolute Gasteiger partial charge is 0.240 e. The van der Waals surface area contributed by atoms with Crippen LogP contribution in [-0.2, 0) is 4.79 Å². The van der Waals surface area contributed by atoms with Crippen molar-refractivity contribution in [2.75, 3.05) is 32.1 Å². The number of amides is 1. The molecule has 1 aliphatic rings. The molecule has 1 amide bonds. The van der Waals surface area contributed by atoms with Crippen LogP contribution in [0.3, 0.4) is 0 Å². The molecule has 5 nitrogen and oxygen atoms in total. The summed E-state index contributed by atoms with van der Waals surface area (Å²) in [5, 5.41) is 5.54. The minimum Gasteiger partial charge on any atom is -0.497 e. The van der Waals surface area contributed by atoms with Gasteiger partial charge in [0.25, 0.3) is 0 Å². The second kappa shape index (κ2) is 7.97. The second-order valence-electron chi connectivity index (χ2n) is 6.95. The molecule has 1 saturated heterocycles. The third-order valence-corrected chi connectivity index (χ3v) is 5.21. The summed E-state index contributed by atoms with van der Waals surface area (Å²) in [6.45, 7) is 6.93. The van der Waals surface area contributed by atoms with E-state index in [1.807, 2.05) is 29.6 Å². The Hall–Kier alpha value is -1.92. The van der Waals surface area contributed by atoms with E-state index in [-0.39, 0.29) is 5.91 Å². The van der Waals surface area contributed by atoms with Crippen molar-refractivity contribution in [1.29, 1.82) is 0 Å². The summed E-state index contributed by atoms with van der Waals surface area (Å²) in [7, 11) is 1.65. The highest BCUT2D eigenvalue weighted by atomic mass is 32.1. The number of nitrogens with zero attached hydrogens (tertiary/aromatic N) is 2. The molecule has 0 saturated carbocycles. The molecule has 134 valence electrons. The molecule has 1 aliphatic heterocycles. The number of nitrogens with one attached hydrogen (secondary N) is 1. The number of hydrogen-bond donors (Lipinski definition) is 1. The van der Waals surface area contributed by atoms with E-state index in [2.05, 4.69) is 29.0 Å². The maximum absolute atomic E-state index is 12.3. The van der Waals surface area contributed by atoms with E-state index in [1.54, 1.807) is 7.11 Å². The lowest BCUT2D eigenvalue weighted by Gasteiger charge is -2.34. The summed E-state index contributed by atoms with van der Waals surface area (Å²) < 4.78 is 5.17. The summed E-state index contributed by atoms with van der Waals surface area (Å²) in [5.41, 5.74) is 1.87. The Labute approximate surface area is 153 Å². The van der Waals surface area contributed by atoms with E-state index in [9.17, 15) is 4.79 Å². The number of methoxy groups -OCH3 is 1. The van der Waals surface area contributed by atoms with Crippen LogP contribution in [-0.4, -0.2) is 42.5 Å². The molecule has 1 aromatic heterocycles. The average molecular weight is 359 g/mol. The minimum absolute atomic E-state index is 0.0110. The number of likely N-dealkylation sites (tertiary alicyclic amines) is 1. The number of anilines is 1. The lowest BCUT2D eigenvalue weighted by Crippen LogP contribution is -2.42. The Morgan fingerprint density at radius 1 is 1.28 bits per heavy atom. The van der Waals surface area contributed by atoms with Gasteiger partial charge in [-0.05, 0) is 42.5 Å². The van der Waals surface area contributed by atoms with Crippen LogP contribution in [0.2, 0.25) is 0 Å². The van der Waals surface area contributed by atoms with Crippen molar-refractivity contribution >= 4 is 22.4 Å². The summed E-state index contributed by atoms with van der Waals surface area (Å²) in [6, 6.07) is 7.75. The number of carbonyl (C=O) groups excluding carboxylic acids is 1. The molecule has 6 heteroatoms. The molecule has 25 heavy (non-hydrogen) atoms. The lowest BCUT2D eigenvalue weighted by atomic mass is 9.92. The van der Waals surface area contributed by atoms with Gasteiger partial charge in [-0.1, -0.05) is 13.8 Å². The molecule has 2 heterocycles. The third kappa shape index (κ3) is 4.80. The van der Waals surface area contributed by atoms with Gasteiger partial charge in [0.15, 0.2) is 5.13 Å². The molecule has 2 unspecified atom stereocenters. The molecular formula is C19H25N3O2S. The van der Waals surface area contributed by atoms with Gasteiger partial charge in [0.2, 0.25) is 5.91 Å². The first-order valence-electron chi connectivity index (χ1n) is 8.65. The number of piperidine rings is 1. The van der Waals surface area contributed by atoms with Crippen molar-refractivity contribution in [2.45, 2.75) is 20.3 Å². The minimum atomic E-state index is 0.0110. The molecule has 1 fully saturated rings. The molecule has 2 aromatic rings. The van der Waals surface area contributed by atoms with Gasteiger partial charge < -0.3 is 10.1 Å². The number of benzene rings is 1. The Balaban J connectivity index is 1.58. The van der Waals surface area contributed by atoms with Crippen LogP contribution in [0.5, 0.6) is 5.75 Å². The van der Waals surface area contributed by atoms with Gasteiger partial charge in [-0.2, -0.15) is 0 Å². The van der Waals surface area contributed by atoms with Gasteiger partial charge in [-0.25, -0.2) is 4.98 Å². The average Bonchev–Trinajstić information content (AvgIpc) is 3.02. The summed E-state index contributed by atoms with van der Waals surface area (Å²) >= 11 is 1.45. The third-order valence-electron chi connectivity index (χ3n) is 4.45. The van der Waals surface area contributed by atoms with Crippen molar-refractivity contribution in [3.05, 3.63) is 29.6 Å². The number of aromatic nitrogens is 1. The SMILES string of the molecule is COc1ccc(-c2csc(NC(=O)CN3CC(C)CC(C)C3)n2)cc1. The van der Waals surface area contributed by atoms with Gasteiger partial charge >= 0.3 is 0 Å². The zero-order valence-electron chi connectivity index (χ0n) is 15.0.